The zero-order valence-electron chi connectivity index (χ0n) is 14.5. The van der Waals surface area contributed by atoms with Crippen LogP contribution in [0.3, 0.4) is 0 Å². The van der Waals surface area contributed by atoms with Crippen molar-refractivity contribution in [2.45, 2.75) is 12.8 Å². The second kappa shape index (κ2) is 8.10. The first-order chi connectivity index (χ1) is 12.5. The van der Waals surface area contributed by atoms with Crippen LogP contribution in [-0.2, 0) is 22.4 Å². The minimum absolute atomic E-state index is 0.00456. The highest BCUT2D eigenvalue weighted by molar-refractivity contribution is 5.85. The van der Waals surface area contributed by atoms with E-state index < -0.39 is 0 Å². The number of ether oxygens (including phenoxy) is 2. The highest BCUT2D eigenvalue weighted by atomic mass is 19.1. The van der Waals surface area contributed by atoms with Crippen molar-refractivity contribution < 1.29 is 23.5 Å². The predicted molar refractivity (Wildman–Crippen MR) is 93.9 cm³/mol. The summed E-state index contributed by atoms with van der Waals surface area (Å²) in [6, 6.07) is 11.4. The Morgan fingerprint density at radius 1 is 0.962 bits per heavy atom. The van der Waals surface area contributed by atoms with Gasteiger partial charge in [0.15, 0.2) is 23.1 Å². The molecule has 0 atom stereocenters. The summed E-state index contributed by atoms with van der Waals surface area (Å²) in [6.45, 7) is 0.510. The molecule has 0 radical (unpaired) electrons. The van der Waals surface area contributed by atoms with Crippen LogP contribution in [0.1, 0.15) is 11.1 Å². The predicted octanol–water partition coefficient (Wildman–Crippen LogP) is 2.41. The molecule has 1 heterocycles. The molecule has 1 aliphatic heterocycles. The SMILES string of the molecule is CN(CC(=O)Cc1cccc(F)c1)CC(=O)Cc1ccc2c(c1)OCO2. The van der Waals surface area contributed by atoms with Crippen LogP contribution in [-0.4, -0.2) is 43.4 Å². The van der Waals surface area contributed by atoms with Crippen LogP contribution in [0.2, 0.25) is 0 Å². The Kier molecular flexibility index (Phi) is 5.63. The second-order valence-electron chi connectivity index (χ2n) is 6.42. The number of carbonyl (C=O) groups is 2. The van der Waals surface area contributed by atoms with E-state index in [1.807, 2.05) is 6.07 Å². The maximum absolute atomic E-state index is 13.2. The maximum Gasteiger partial charge on any atom is 0.231 e. The van der Waals surface area contributed by atoms with Crippen molar-refractivity contribution in [2.24, 2.45) is 0 Å². The lowest BCUT2D eigenvalue weighted by atomic mass is 10.1. The van der Waals surface area contributed by atoms with E-state index in [1.165, 1.54) is 12.1 Å². The van der Waals surface area contributed by atoms with Crippen molar-refractivity contribution in [3.05, 3.63) is 59.4 Å². The third-order valence-corrected chi connectivity index (χ3v) is 4.02. The third-order valence-electron chi connectivity index (χ3n) is 4.02. The van der Waals surface area contributed by atoms with Crippen LogP contribution in [0, 0.1) is 5.82 Å². The quantitative estimate of drug-likeness (QED) is 0.726. The molecule has 6 heteroatoms. The van der Waals surface area contributed by atoms with Crippen molar-refractivity contribution in [2.75, 3.05) is 26.9 Å². The molecule has 1 aliphatic rings. The smallest absolute Gasteiger partial charge is 0.231 e. The number of Topliss-reactive ketones (excluding diaryl/α,β-unsaturated/α-hetero) is 2. The van der Waals surface area contributed by atoms with E-state index in [0.717, 1.165) is 5.56 Å². The molecule has 3 rings (SSSR count). The molecule has 0 amide bonds. The number of ketones is 2. The summed E-state index contributed by atoms with van der Waals surface area (Å²) >= 11 is 0. The Balaban J connectivity index is 1.47. The van der Waals surface area contributed by atoms with Gasteiger partial charge in [-0.25, -0.2) is 4.39 Å². The largest absolute Gasteiger partial charge is 0.454 e. The van der Waals surface area contributed by atoms with Crippen LogP contribution in [0.5, 0.6) is 11.5 Å². The van der Waals surface area contributed by atoms with Crippen LogP contribution in [0.25, 0.3) is 0 Å². The van der Waals surface area contributed by atoms with Crippen LogP contribution in [0.15, 0.2) is 42.5 Å². The monoisotopic (exact) mass is 357 g/mol. The number of hydrogen-bond acceptors (Lipinski definition) is 5. The number of carbonyl (C=O) groups excluding carboxylic acids is 2. The van der Waals surface area contributed by atoms with Gasteiger partial charge in [-0.1, -0.05) is 18.2 Å². The summed E-state index contributed by atoms with van der Waals surface area (Å²) in [4.78, 5) is 26.0. The van der Waals surface area contributed by atoms with E-state index in [4.69, 9.17) is 9.47 Å². The number of nitrogens with zero attached hydrogens (tertiary/aromatic N) is 1. The van der Waals surface area contributed by atoms with Crippen LogP contribution in [0.4, 0.5) is 4.39 Å². The van der Waals surface area contributed by atoms with Gasteiger partial charge in [-0.05, 0) is 42.4 Å². The summed E-state index contributed by atoms with van der Waals surface area (Å²) in [5.41, 5.74) is 1.48. The molecular weight excluding hydrogens is 337 g/mol. The number of hydrogen-bond donors (Lipinski definition) is 0. The molecule has 0 spiro atoms. The molecule has 0 saturated carbocycles. The Bertz CT molecular complexity index is 821. The van der Waals surface area contributed by atoms with E-state index in [9.17, 15) is 14.0 Å². The van der Waals surface area contributed by atoms with Crippen molar-refractivity contribution in [3.63, 3.8) is 0 Å². The lowest BCUT2D eigenvalue weighted by Gasteiger charge is -2.15. The fraction of sp³-hybridized carbons (Fsp3) is 0.300. The van der Waals surface area contributed by atoms with Gasteiger partial charge in [0, 0.05) is 12.8 Å². The van der Waals surface area contributed by atoms with Crippen molar-refractivity contribution >= 4 is 11.6 Å². The molecule has 26 heavy (non-hydrogen) atoms. The van der Waals surface area contributed by atoms with Gasteiger partial charge in [0.05, 0.1) is 13.1 Å². The Labute approximate surface area is 151 Å². The van der Waals surface area contributed by atoms with Gasteiger partial charge in [-0.3, -0.25) is 14.5 Å². The number of fused-ring (bicyclic) bond motifs is 1. The van der Waals surface area contributed by atoms with Gasteiger partial charge in [-0.2, -0.15) is 0 Å². The molecule has 0 fully saturated rings. The number of halogens is 1. The van der Waals surface area contributed by atoms with E-state index in [1.54, 1.807) is 36.2 Å². The molecule has 0 unspecified atom stereocenters. The molecule has 5 nitrogen and oxygen atoms in total. The zero-order valence-corrected chi connectivity index (χ0v) is 14.5. The topological polar surface area (TPSA) is 55.8 Å². The number of likely N-dealkylation sites (N-methyl/N-ethyl adjacent to an activating group) is 1. The molecule has 2 aromatic rings. The molecule has 0 N–H and O–H groups in total. The lowest BCUT2D eigenvalue weighted by molar-refractivity contribution is -0.121. The van der Waals surface area contributed by atoms with Crippen LogP contribution >= 0.6 is 0 Å². The standard InChI is InChI=1S/C20H20FNO4/c1-22(11-17(23)8-14-3-2-4-16(21)7-14)12-18(24)9-15-5-6-19-20(10-15)26-13-25-19/h2-7,10H,8-9,11-13H2,1H3. The van der Waals surface area contributed by atoms with Crippen molar-refractivity contribution in [3.8, 4) is 11.5 Å². The average molecular weight is 357 g/mol. The molecule has 0 aromatic heterocycles. The third kappa shape index (κ3) is 4.89. The fourth-order valence-electron chi connectivity index (χ4n) is 2.92. The van der Waals surface area contributed by atoms with E-state index >= 15 is 0 Å². The van der Waals surface area contributed by atoms with E-state index in [0.29, 0.717) is 17.1 Å². The van der Waals surface area contributed by atoms with Crippen molar-refractivity contribution in [1.29, 1.82) is 0 Å². The van der Waals surface area contributed by atoms with Crippen LogP contribution < -0.4 is 9.47 Å². The summed E-state index contributed by atoms with van der Waals surface area (Å²) in [5, 5.41) is 0. The van der Waals surface area contributed by atoms with E-state index in [2.05, 4.69) is 0 Å². The van der Waals surface area contributed by atoms with Crippen molar-refractivity contribution in [1.82, 2.24) is 4.90 Å². The highest BCUT2D eigenvalue weighted by Gasteiger charge is 2.16. The first kappa shape index (κ1) is 18.1. The van der Waals surface area contributed by atoms with Gasteiger partial charge < -0.3 is 9.47 Å². The first-order valence-electron chi connectivity index (χ1n) is 8.34. The van der Waals surface area contributed by atoms with Gasteiger partial charge >= 0.3 is 0 Å². The Morgan fingerprint density at radius 3 is 2.31 bits per heavy atom. The minimum atomic E-state index is -0.359. The minimum Gasteiger partial charge on any atom is -0.454 e. The molecule has 0 saturated heterocycles. The Hall–Kier alpha value is -2.73. The molecule has 0 aliphatic carbocycles. The number of benzene rings is 2. The summed E-state index contributed by atoms with van der Waals surface area (Å²) in [6.07, 6.45) is 0.414. The lowest BCUT2D eigenvalue weighted by Crippen LogP contribution is -2.32. The normalized spacial score (nSPS) is 12.4. The molecular formula is C20H20FNO4. The summed E-state index contributed by atoms with van der Waals surface area (Å²) in [7, 11) is 1.72. The van der Waals surface area contributed by atoms with Gasteiger partial charge in [-0.15, -0.1) is 0 Å². The maximum atomic E-state index is 13.2. The molecule has 2 aromatic carbocycles. The van der Waals surface area contributed by atoms with Gasteiger partial charge in [0.25, 0.3) is 0 Å². The molecule has 136 valence electrons. The van der Waals surface area contributed by atoms with Gasteiger partial charge in [0.2, 0.25) is 6.79 Å². The van der Waals surface area contributed by atoms with Gasteiger partial charge in [0.1, 0.15) is 5.82 Å². The highest BCUT2D eigenvalue weighted by Crippen LogP contribution is 2.32. The number of rotatable bonds is 8. The fourth-order valence-corrected chi connectivity index (χ4v) is 2.92. The first-order valence-corrected chi connectivity index (χ1v) is 8.34. The second-order valence-corrected chi connectivity index (χ2v) is 6.42. The Morgan fingerprint density at radius 2 is 1.62 bits per heavy atom. The summed E-state index contributed by atoms with van der Waals surface area (Å²) < 4.78 is 23.7. The summed E-state index contributed by atoms with van der Waals surface area (Å²) in [5.74, 6) is 0.914. The zero-order chi connectivity index (χ0) is 18.5. The average Bonchev–Trinajstić information content (AvgIpc) is 3.01. The molecule has 0 bridgehead atoms. The van der Waals surface area contributed by atoms with E-state index in [-0.39, 0.29) is 50.1 Å².